The molecule has 0 fully saturated rings. The van der Waals surface area contributed by atoms with Gasteiger partial charge < -0.3 is 0 Å². The quantitative estimate of drug-likeness (QED) is 0.858. The first-order valence-electron chi connectivity index (χ1n) is 5.67. The first kappa shape index (κ1) is 11.6. The van der Waals surface area contributed by atoms with E-state index in [0.29, 0.717) is 11.8 Å². The van der Waals surface area contributed by atoms with Crippen molar-refractivity contribution in [2.45, 2.75) is 39.5 Å². The summed E-state index contributed by atoms with van der Waals surface area (Å²) in [5.74, 6) is 1.01. The monoisotopic (exact) mass is 280 g/mol. The molecule has 1 aromatic carbocycles. The maximum Gasteiger partial charge on any atom is 0.0656 e. The van der Waals surface area contributed by atoms with Crippen LogP contribution in [0.25, 0.3) is 10.9 Å². The Bertz CT molecular complexity index is 512. The van der Waals surface area contributed by atoms with Crippen LogP contribution in [0.15, 0.2) is 16.7 Å². The third-order valence-electron chi connectivity index (χ3n) is 2.95. The number of aromatic nitrogens is 2. The Morgan fingerprint density at radius 1 is 1.19 bits per heavy atom. The lowest BCUT2D eigenvalue weighted by Gasteiger charge is -2.16. The van der Waals surface area contributed by atoms with Gasteiger partial charge in [-0.3, -0.25) is 5.10 Å². The Labute approximate surface area is 105 Å². The van der Waals surface area contributed by atoms with Crippen LogP contribution in [0.5, 0.6) is 0 Å². The van der Waals surface area contributed by atoms with Gasteiger partial charge in [-0.2, -0.15) is 5.10 Å². The van der Waals surface area contributed by atoms with Gasteiger partial charge in [-0.05, 0) is 29.0 Å². The molecule has 0 amide bonds. The highest BCUT2D eigenvalue weighted by atomic mass is 79.9. The van der Waals surface area contributed by atoms with E-state index in [4.69, 9.17) is 0 Å². The van der Waals surface area contributed by atoms with Crippen molar-refractivity contribution in [1.82, 2.24) is 10.2 Å². The molecule has 2 aromatic rings. The molecule has 0 radical (unpaired) electrons. The molecule has 0 unspecified atom stereocenters. The molecule has 0 atom stereocenters. The summed E-state index contributed by atoms with van der Waals surface area (Å²) < 4.78 is 1.24. The van der Waals surface area contributed by atoms with Crippen molar-refractivity contribution in [1.29, 1.82) is 0 Å². The minimum absolute atomic E-state index is 0.494. The van der Waals surface area contributed by atoms with Crippen LogP contribution in [0.3, 0.4) is 0 Å². The van der Waals surface area contributed by atoms with Crippen LogP contribution in [0.4, 0.5) is 0 Å². The van der Waals surface area contributed by atoms with E-state index in [-0.39, 0.29) is 0 Å². The van der Waals surface area contributed by atoms with Crippen LogP contribution >= 0.6 is 15.9 Å². The van der Waals surface area contributed by atoms with E-state index in [9.17, 15) is 0 Å². The van der Waals surface area contributed by atoms with Gasteiger partial charge in [-0.25, -0.2) is 0 Å². The number of hydrogen-bond donors (Lipinski definition) is 1. The lowest BCUT2D eigenvalue weighted by molar-refractivity contribution is 0.832. The lowest BCUT2D eigenvalue weighted by Crippen LogP contribution is -1.97. The van der Waals surface area contributed by atoms with Crippen molar-refractivity contribution in [2.24, 2.45) is 0 Å². The van der Waals surface area contributed by atoms with Gasteiger partial charge in [-0.1, -0.05) is 43.6 Å². The summed E-state index contributed by atoms with van der Waals surface area (Å²) in [6.07, 6.45) is 1.92. The van der Waals surface area contributed by atoms with E-state index >= 15 is 0 Å². The van der Waals surface area contributed by atoms with E-state index in [2.05, 4.69) is 59.9 Å². The Morgan fingerprint density at radius 3 is 2.44 bits per heavy atom. The minimum Gasteiger partial charge on any atom is -0.278 e. The number of H-pyrrole nitrogens is 1. The molecule has 0 bridgehead atoms. The Kier molecular flexibility index (Phi) is 3.06. The highest BCUT2D eigenvalue weighted by Crippen LogP contribution is 2.37. The first-order chi connectivity index (χ1) is 7.52. The van der Waals surface area contributed by atoms with Gasteiger partial charge in [0.05, 0.1) is 11.7 Å². The SMILES string of the molecule is CC(C)c1cc2[nH]ncc2c(C(C)C)c1Br. The number of benzene rings is 1. The fourth-order valence-corrected chi connectivity index (χ4v) is 3.34. The van der Waals surface area contributed by atoms with Gasteiger partial charge in [0.1, 0.15) is 0 Å². The predicted molar refractivity (Wildman–Crippen MR) is 72.0 cm³/mol. The molecule has 1 aromatic heterocycles. The Hall–Kier alpha value is -0.830. The summed E-state index contributed by atoms with van der Waals surface area (Å²) in [5, 5.41) is 8.43. The third-order valence-corrected chi connectivity index (χ3v) is 3.83. The zero-order chi connectivity index (χ0) is 11.9. The number of nitrogens with zero attached hydrogens (tertiary/aromatic N) is 1. The number of rotatable bonds is 2. The molecule has 1 heterocycles. The minimum atomic E-state index is 0.494. The van der Waals surface area contributed by atoms with Crippen molar-refractivity contribution in [3.8, 4) is 0 Å². The van der Waals surface area contributed by atoms with E-state index in [1.165, 1.54) is 21.0 Å². The summed E-state index contributed by atoms with van der Waals surface area (Å²) in [5.41, 5.74) is 3.84. The fraction of sp³-hybridized carbons (Fsp3) is 0.462. The van der Waals surface area contributed by atoms with Crippen LogP contribution in [0.2, 0.25) is 0 Å². The van der Waals surface area contributed by atoms with Crippen LogP contribution in [0.1, 0.15) is 50.7 Å². The molecule has 0 aliphatic rings. The predicted octanol–water partition coefficient (Wildman–Crippen LogP) is 4.57. The number of fused-ring (bicyclic) bond motifs is 1. The highest BCUT2D eigenvalue weighted by molar-refractivity contribution is 9.10. The standard InChI is InChI=1S/C13H17BrN2/c1-7(2)9-5-11-10(6-15-16-11)12(8(3)4)13(9)14/h5-8H,1-4H3,(H,15,16). The number of halogens is 1. The highest BCUT2D eigenvalue weighted by Gasteiger charge is 2.16. The smallest absolute Gasteiger partial charge is 0.0656 e. The largest absolute Gasteiger partial charge is 0.278 e. The van der Waals surface area contributed by atoms with Gasteiger partial charge in [-0.15, -0.1) is 0 Å². The molecular weight excluding hydrogens is 264 g/mol. The van der Waals surface area contributed by atoms with Crippen LogP contribution in [0, 0.1) is 0 Å². The fourth-order valence-electron chi connectivity index (χ4n) is 2.10. The molecule has 1 N–H and O–H groups in total. The van der Waals surface area contributed by atoms with Crippen molar-refractivity contribution in [3.05, 3.63) is 27.9 Å². The summed E-state index contributed by atoms with van der Waals surface area (Å²) >= 11 is 3.75. The van der Waals surface area contributed by atoms with Crippen LogP contribution < -0.4 is 0 Å². The molecule has 3 heteroatoms. The molecule has 0 spiro atoms. The normalized spacial score (nSPS) is 11.9. The molecule has 0 aliphatic heterocycles. The molecule has 2 nitrogen and oxygen atoms in total. The Morgan fingerprint density at radius 2 is 1.88 bits per heavy atom. The van der Waals surface area contributed by atoms with Crippen molar-refractivity contribution in [2.75, 3.05) is 0 Å². The molecule has 2 rings (SSSR count). The maximum atomic E-state index is 4.14. The first-order valence-corrected chi connectivity index (χ1v) is 6.47. The number of aromatic amines is 1. The number of hydrogen-bond acceptors (Lipinski definition) is 1. The zero-order valence-corrected chi connectivity index (χ0v) is 11.7. The van der Waals surface area contributed by atoms with Crippen molar-refractivity contribution in [3.63, 3.8) is 0 Å². The second-order valence-corrected chi connectivity index (χ2v) is 5.63. The third kappa shape index (κ3) is 1.77. The van der Waals surface area contributed by atoms with E-state index in [0.717, 1.165) is 5.52 Å². The van der Waals surface area contributed by atoms with E-state index in [1.807, 2.05) is 6.20 Å². The average molecular weight is 281 g/mol. The molecule has 0 aliphatic carbocycles. The van der Waals surface area contributed by atoms with Crippen LogP contribution in [-0.4, -0.2) is 10.2 Å². The van der Waals surface area contributed by atoms with Crippen LogP contribution in [-0.2, 0) is 0 Å². The summed E-state index contributed by atoms with van der Waals surface area (Å²) in [6.45, 7) is 8.87. The topological polar surface area (TPSA) is 28.7 Å². The van der Waals surface area contributed by atoms with Crippen molar-refractivity contribution >= 4 is 26.8 Å². The van der Waals surface area contributed by atoms with Gasteiger partial charge in [0.2, 0.25) is 0 Å². The summed E-state index contributed by atoms with van der Waals surface area (Å²) in [4.78, 5) is 0. The van der Waals surface area contributed by atoms with Gasteiger partial charge >= 0.3 is 0 Å². The molecular formula is C13H17BrN2. The maximum absolute atomic E-state index is 4.14. The van der Waals surface area contributed by atoms with Gasteiger partial charge in [0, 0.05) is 9.86 Å². The van der Waals surface area contributed by atoms with Crippen molar-refractivity contribution < 1.29 is 0 Å². The average Bonchev–Trinajstić information content (AvgIpc) is 2.62. The van der Waals surface area contributed by atoms with Gasteiger partial charge in [0.25, 0.3) is 0 Å². The molecule has 16 heavy (non-hydrogen) atoms. The molecule has 0 saturated carbocycles. The Balaban J connectivity index is 2.81. The van der Waals surface area contributed by atoms with E-state index in [1.54, 1.807) is 0 Å². The van der Waals surface area contributed by atoms with Gasteiger partial charge in [0.15, 0.2) is 0 Å². The van der Waals surface area contributed by atoms with E-state index < -0.39 is 0 Å². The second-order valence-electron chi connectivity index (χ2n) is 4.83. The lowest BCUT2D eigenvalue weighted by atomic mass is 9.93. The summed E-state index contributed by atoms with van der Waals surface area (Å²) in [6, 6.07) is 2.20. The summed E-state index contributed by atoms with van der Waals surface area (Å²) in [7, 11) is 0. The second kappa shape index (κ2) is 4.21. The zero-order valence-electron chi connectivity index (χ0n) is 10.1. The molecule has 86 valence electrons. The molecule has 0 saturated heterocycles. The number of nitrogens with one attached hydrogen (secondary N) is 1.